The Balaban J connectivity index is 2.02. The average Bonchev–Trinajstić information content (AvgIpc) is 3.22. The molecule has 0 saturated carbocycles. The lowest BCUT2D eigenvalue weighted by molar-refractivity contribution is 0.101. The Hall–Kier alpha value is -2.65. The van der Waals surface area contributed by atoms with E-state index in [4.69, 9.17) is 5.73 Å². The monoisotopic (exact) mass is 384 g/mol. The fourth-order valence-corrected chi connectivity index (χ4v) is 4.09. The molecule has 0 radical (unpaired) electrons. The number of thioether (sulfide) groups is 2. The molecule has 0 atom stereocenters. The zero-order valence-corrected chi connectivity index (χ0v) is 15.8. The molecule has 2 heterocycles. The normalized spacial score (nSPS) is 17.3. The molecule has 1 aromatic heterocycles. The fourth-order valence-electron chi connectivity index (χ4n) is 2.32. The molecule has 3 rings (SSSR count). The SMILES string of the molecule is C=C/N=C1/SC=C(c2ccc(C(C)=O)cc2)/C1=C(/N)Sc1nnnn1C. The van der Waals surface area contributed by atoms with Crippen molar-refractivity contribution in [2.45, 2.75) is 12.1 Å². The number of hydrogen-bond donors (Lipinski definition) is 1. The number of nitrogens with zero attached hydrogens (tertiary/aromatic N) is 5. The summed E-state index contributed by atoms with van der Waals surface area (Å²) in [7, 11) is 1.75. The Morgan fingerprint density at radius 1 is 1.38 bits per heavy atom. The van der Waals surface area contributed by atoms with Gasteiger partial charge in [-0.25, -0.2) is 9.67 Å². The van der Waals surface area contributed by atoms with Crippen molar-refractivity contribution in [1.82, 2.24) is 20.2 Å². The molecular weight excluding hydrogens is 368 g/mol. The Labute approximate surface area is 159 Å². The maximum Gasteiger partial charge on any atom is 0.215 e. The number of ketones is 1. The van der Waals surface area contributed by atoms with Crippen LogP contribution in [0.1, 0.15) is 22.8 Å². The molecule has 0 aliphatic carbocycles. The highest BCUT2D eigenvalue weighted by Crippen LogP contribution is 2.41. The Morgan fingerprint density at radius 3 is 2.69 bits per heavy atom. The zero-order chi connectivity index (χ0) is 18.7. The highest BCUT2D eigenvalue weighted by molar-refractivity contribution is 8.17. The maximum atomic E-state index is 11.5. The van der Waals surface area contributed by atoms with E-state index in [0.29, 0.717) is 15.7 Å². The van der Waals surface area contributed by atoms with Crippen molar-refractivity contribution < 1.29 is 4.79 Å². The van der Waals surface area contributed by atoms with Crippen molar-refractivity contribution in [2.24, 2.45) is 17.8 Å². The van der Waals surface area contributed by atoms with Crippen molar-refractivity contribution in [3.8, 4) is 0 Å². The van der Waals surface area contributed by atoms with E-state index >= 15 is 0 Å². The first-order valence-corrected chi connectivity index (χ1v) is 9.28. The van der Waals surface area contributed by atoms with Gasteiger partial charge in [0.2, 0.25) is 5.16 Å². The second kappa shape index (κ2) is 7.71. The van der Waals surface area contributed by atoms with Crippen LogP contribution in [0.4, 0.5) is 0 Å². The summed E-state index contributed by atoms with van der Waals surface area (Å²) in [5.41, 5.74) is 9.73. The quantitative estimate of drug-likeness (QED) is 0.625. The van der Waals surface area contributed by atoms with Gasteiger partial charge >= 0.3 is 0 Å². The van der Waals surface area contributed by atoms with Crippen molar-refractivity contribution in [1.29, 1.82) is 0 Å². The summed E-state index contributed by atoms with van der Waals surface area (Å²) in [6.07, 6.45) is 1.49. The van der Waals surface area contributed by atoms with Crippen LogP contribution in [0, 0.1) is 0 Å². The number of aromatic nitrogens is 4. The van der Waals surface area contributed by atoms with Gasteiger partial charge in [0.25, 0.3) is 0 Å². The number of carbonyl (C=O) groups is 1. The van der Waals surface area contributed by atoms with Gasteiger partial charge in [-0.05, 0) is 40.1 Å². The maximum absolute atomic E-state index is 11.5. The van der Waals surface area contributed by atoms with Crippen LogP contribution in [-0.4, -0.2) is 31.0 Å². The molecule has 2 N–H and O–H groups in total. The Kier molecular flexibility index (Phi) is 5.38. The smallest absolute Gasteiger partial charge is 0.215 e. The number of aliphatic imine (C=N–C) groups is 1. The van der Waals surface area contributed by atoms with E-state index in [1.165, 1.54) is 29.7 Å². The van der Waals surface area contributed by atoms with E-state index in [1.54, 1.807) is 30.8 Å². The van der Waals surface area contributed by atoms with Gasteiger partial charge in [0.1, 0.15) is 5.04 Å². The van der Waals surface area contributed by atoms with Crippen LogP contribution in [-0.2, 0) is 7.05 Å². The molecule has 1 aromatic carbocycles. The number of carbonyl (C=O) groups excluding carboxylic acids is 1. The van der Waals surface area contributed by atoms with Gasteiger partial charge in [0.15, 0.2) is 5.78 Å². The summed E-state index contributed by atoms with van der Waals surface area (Å²) < 4.78 is 1.55. The lowest BCUT2D eigenvalue weighted by atomic mass is 9.99. The summed E-state index contributed by atoms with van der Waals surface area (Å²) in [6, 6.07) is 7.42. The second-order valence-corrected chi connectivity index (χ2v) is 7.19. The number of aryl methyl sites for hydroxylation is 1. The molecule has 0 saturated heterocycles. The molecule has 9 heteroatoms. The number of nitrogens with two attached hydrogens (primary N) is 1. The van der Waals surface area contributed by atoms with Gasteiger partial charge < -0.3 is 5.73 Å². The lowest BCUT2D eigenvalue weighted by Gasteiger charge is -2.10. The van der Waals surface area contributed by atoms with E-state index < -0.39 is 0 Å². The van der Waals surface area contributed by atoms with Crippen molar-refractivity contribution in [3.63, 3.8) is 0 Å². The highest BCUT2D eigenvalue weighted by Gasteiger charge is 2.25. The summed E-state index contributed by atoms with van der Waals surface area (Å²) in [6.45, 7) is 5.21. The van der Waals surface area contributed by atoms with Crippen LogP contribution in [0.3, 0.4) is 0 Å². The third kappa shape index (κ3) is 3.63. The van der Waals surface area contributed by atoms with Crippen LogP contribution in [0.25, 0.3) is 5.57 Å². The minimum Gasteiger partial charge on any atom is -0.393 e. The number of tetrazole rings is 1. The standard InChI is InChI=1S/C17H16N6OS2/c1-4-19-16-14(15(18)26-17-20-21-22-23(17)3)13(9-25-16)12-7-5-11(6-8-12)10(2)24/h4-9H,1,18H2,2-3H3/b15-14+,19-16+. The Morgan fingerprint density at radius 2 is 2.12 bits per heavy atom. The molecule has 0 amide bonds. The zero-order valence-electron chi connectivity index (χ0n) is 14.2. The topological polar surface area (TPSA) is 99.1 Å². The first-order chi connectivity index (χ1) is 12.5. The van der Waals surface area contributed by atoms with Crippen LogP contribution in [0.5, 0.6) is 0 Å². The number of rotatable bonds is 5. The van der Waals surface area contributed by atoms with Crippen LogP contribution in [0.2, 0.25) is 0 Å². The largest absolute Gasteiger partial charge is 0.393 e. The van der Waals surface area contributed by atoms with Gasteiger partial charge in [-0.15, -0.1) is 5.10 Å². The molecule has 0 fully saturated rings. The van der Waals surface area contributed by atoms with E-state index in [0.717, 1.165) is 21.8 Å². The van der Waals surface area contributed by atoms with Gasteiger partial charge in [0, 0.05) is 30.0 Å². The predicted octanol–water partition coefficient (Wildman–Crippen LogP) is 3.00. The van der Waals surface area contributed by atoms with Crippen LogP contribution in [0.15, 0.2) is 63.2 Å². The molecule has 0 bridgehead atoms. The predicted molar refractivity (Wildman–Crippen MR) is 106 cm³/mol. The molecular formula is C17H16N6OS2. The van der Waals surface area contributed by atoms with Crippen LogP contribution < -0.4 is 5.73 Å². The molecule has 0 spiro atoms. The molecule has 1 aliphatic rings. The molecule has 0 unspecified atom stereocenters. The molecule has 2 aromatic rings. The second-order valence-electron chi connectivity index (χ2n) is 5.33. The minimum atomic E-state index is 0.0286. The number of allylic oxidation sites excluding steroid dienone is 1. The average molecular weight is 384 g/mol. The molecule has 26 heavy (non-hydrogen) atoms. The summed E-state index contributed by atoms with van der Waals surface area (Å²) >= 11 is 2.74. The van der Waals surface area contributed by atoms with E-state index in [2.05, 4.69) is 27.1 Å². The fraction of sp³-hybridized carbons (Fsp3) is 0.118. The third-order valence-corrected chi connectivity index (χ3v) is 5.45. The summed E-state index contributed by atoms with van der Waals surface area (Å²) in [5, 5.41) is 15.3. The number of benzene rings is 1. The van der Waals surface area contributed by atoms with E-state index in [1.807, 2.05) is 17.5 Å². The number of hydrogen-bond acceptors (Lipinski definition) is 8. The lowest BCUT2D eigenvalue weighted by Crippen LogP contribution is -2.06. The van der Waals surface area contributed by atoms with Crippen molar-refractivity contribution in [2.75, 3.05) is 0 Å². The van der Waals surface area contributed by atoms with Crippen molar-refractivity contribution >= 4 is 39.9 Å². The van der Waals surface area contributed by atoms with Gasteiger partial charge in [0.05, 0.1) is 5.03 Å². The molecule has 132 valence electrons. The van der Waals surface area contributed by atoms with Gasteiger partial charge in [-0.3, -0.25) is 4.79 Å². The van der Waals surface area contributed by atoms with Crippen LogP contribution >= 0.6 is 23.5 Å². The van der Waals surface area contributed by atoms with Crippen molar-refractivity contribution in [3.05, 3.63) is 64.2 Å². The van der Waals surface area contributed by atoms with E-state index in [-0.39, 0.29) is 5.78 Å². The first kappa shape index (κ1) is 18.2. The summed E-state index contributed by atoms with van der Waals surface area (Å²) in [4.78, 5) is 15.8. The summed E-state index contributed by atoms with van der Waals surface area (Å²) in [5.74, 6) is 0.0286. The molecule has 1 aliphatic heterocycles. The molecule has 7 nitrogen and oxygen atoms in total. The van der Waals surface area contributed by atoms with E-state index in [9.17, 15) is 4.79 Å². The first-order valence-electron chi connectivity index (χ1n) is 7.59. The third-order valence-electron chi connectivity index (χ3n) is 3.61. The van der Waals surface area contributed by atoms with Gasteiger partial charge in [-0.2, -0.15) is 0 Å². The highest BCUT2D eigenvalue weighted by atomic mass is 32.2. The van der Waals surface area contributed by atoms with Gasteiger partial charge in [-0.1, -0.05) is 42.6 Å². The number of Topliss-reactive ketones (excluding diaryl/α,β-unsaturated/α-hetero) is 1. The Bertz CT molecular complexity index is 956. The minimum absolute atomic E-state index is 0.0286.